The Morgan fingerprint density at radius 3 is 2.59 bits per heavy atom. The standard InChI is InChI=1S/C23H25ClFN3O4S2/c1-2-32-15-14-28-21-19(25)4-3-5-20(21)33-23(28)26-22(29)16-10-12-27(13-11-16)34(30,31)18-8-6-17(24)7-9-18/h3-9,16H,2,10-15H2,1H3. The Kier molecular flexibility index (Phi) is 7.83. The first-order valence-corrected chi connectivity index (χ1v) is 13.6. The second-order valence-corrected chi connectivity index (χ2v) is 11.3. The molecule has 1 fully saturated rings. The van der Waals surface area contributed by atoms with Crippen LogP contribution in [0.1, 0.15) is 19.8 Å². The summed E-state index contributed by atoms with van der Waals surface area (Å²) < 4.78 is 49.5. The van der Waals surface area contributed by atoms with Crippen LogP contribution < -0.4 is 4.80 Å². The molecule has 1 amide bonds. The molecule has 7 nitrogen and oxygen atoms in total. The molecule has 34 heavy (non-hydrogen) atoms. The number of amides is 1. The highest BCUT2D eigenvalue weighted by Gasteiger charge is 2.32. The van der Waals surface area contributed by atoms with Crippen LogP contribution in [0.25, 0.3) is 10.2 Å². The number of para-hydroxylation sites is 1. The number of thiazole rings is 1. The Hall–Kier alpha value is -2.11. The van der Waals surface area contributed by atoms with Gasteiger partial charge in [0.05, 0.1) is 21.7 Å². The van der Waals surface area contributed by atoms with Crippen molar-refractivity contribution < 1.29 is 22.3 Å². The number of hydrogen-bond acceptors (Lipinski definition) is 5. The number of carbonyl (C=O) groups is 1. The minimum atomic E-state index is -3.65. The van der Waals surface area contributed by atoms with Crippen LogP contribution >= 0.6 is 22.9 Å². The molecule has 11 heteroatoms. The van der Waals surface area contributed by atoms with Gasteiger partial charge in [0, 0.05) is 37.2 Å². The number of carbonyl (C=O) groups excluding carboxylic acids is 1. The van der Waals surface area contributed by atoms with E-state index in [1.807, 2.05) is 6.92 Å². The van der Waals surface area contributed by atoms with Gasteiger partial charge >= 0.3 is 0 Å². The maximum Gasteiger partial charge on any atom is 0.251 e. The fourth-order valence-corrected chi connectivity index (χ4v) is 6.64. The van der Waals surface area contributed by atoms with Crippen molar-refractivity contribution in [3.8, 4) is 0 Å². The fourth-order valence-electron chi connectivity index (χ4n) is 3.96. The number of hydrogen-bond donors (Lipinski definition) is 0. The van der Waals surface area contributed by atoms with Gasteiger partial charge < -0.3 is 9.30 Å². The monoisotopic (exact) mass is 525 g/mol. The SMILES string of the molecule is CCOCCn1c(=NC(=O)C2CCN(S(=O)(=O)c3ccc(Cl)cc3)CC2)sc2cccc(F)c21. The number of aromatic nitrogens is 1. The van der Waals surface area contributed by atoms with Gasteiger partial charge in [0.1, 0.15) is 5.82 Å². The topological polar surface area (TPSA) is 81.0 Å². The first kappa shape index (κ1) is 25.0. The Morgan fingerprint density at radius 2 is 1.91 bits per heavy atom. The van der Waals surface area contributed by atoms with Crippen LogP contribution in [-0.4, -0.2) is 49.5 Å². The van der Waals surface area contributed by atoms with Gasteiger partial charge in [-0.2, -0.15) is 9.30 Å². The lowest BCUT2D eigenvalue weighted by atomic mass is 9.98. The van der Waals surface area contributed by atoms with E-state index in [1.54, 1.807) is 16.7 Å². The molecule has 0 N–H and O–H groups in total. The Bertz CT molecular complexity index is 1340. The van der Waals surface area contributed by atoms with E-state index in [1.165, 1.54) is 46.0 Å². The molecular weight excluding hydrogens is 501 g/mol. The molecule has 0 bridgehead atoms. The number of ether oxygens (including phenoxy) is 1. The predicted octanol–water partition coefficient (Wildman–Crippen LogP) is 4.06. The molecule has 0 radical (unpaired) electrons. The highest BCUT2D eigenvalue weighted by atomic mass is 35.5. The molecule has 2 aromatic carbocycles. The molecule has 1 aliphatic heterocycles. The van der Waals surface area contributed by atoms with Gasteiger partial charge in [0.25, 0.3) is 5.91 Å². The number of halogens is 2. The molecule has 2 heterocycles. The van der Waals surface area contributed by atoms with E-state index in [-0.39, 0.29) is 29.7 Å². The summed E-state index contributed by atoms with van der Waals surface area (Å²) in [5.74, 6) is -1.09. The van der Waals surface area contributed by atoms with Crippen molar-refractivity contribution in [1.82, 2.24) is 8.87 Å². The normalized spacial score (nSPS) is 16.4. The summed E-state index contributed by atoms with van der Waals surface area (Å²) in [5, 5.41) is 0.462. The van der Waals surface area contributed by atoms with Gasteiger partial charge in [-0.25, -0.2) is 12.8 Å². The van der Waals surface area contributed by atoms with E-state index in [0.717, 1.165) is 0 Å². The van der Waals surface area contributed by atoms with Gasteiger partial charge in [0.15, 0.2) is 4.80 Å². The Labute approximate surface area is 206 Å². The average molecular weight is 526 g/mol. The number of piperidine rings is 1. The van der Waals surface area contributed by atoms with E-state index in [0.29, 0.717) is 52.6 Å². The van der Waals surface area contributed by atoms with Gasteiger partial charge in [-0.15, -0.1) is 0 Å². The quantitative estimate of drug-likeness (QED) is 0.436. The van der Waals surface area contributed by atoms with Crippen molar-refractivity contribution in [1.29, 1.82) is 0 Å². The zero-order valence-corrected chi connectivity index (χ0v) is 21.0. The molecule has 0 spiro atoms. The van der Waals surface area contributed by atoms with Crippen molar-refractivity contribution in [3.63, 3.8) is 0 Å². The van der Waals surface area contributed by atoms with Crippen molar-refractivity contribution in [2.75, 3.05) is 26.3 Å². The Balaban J connectivity index is 1.52. The number of fused-ring (bicyclic) bond motifs is 1. The minimum absolute atomic E-state index is 0.175. The third-order valence-electron chi connectivity index (χ3n) is 5.78. The summed E-state index contributed by atoms with van der Waals surface area (Å²) in [6, 6.07) is 10.8. The number of sulfonamides is 1. The first-order chi connectivity index (χ1) is 16.3. The second-order valence-electron chi connectivity index (χ2n) is 7.90. The van der Waals surface area contributed by atoms with Gasteiger partial charge in [-0.1, -0.05) is 29.0 Å². The molecule has 182 valence electrons. The molecular formula is C23H25ClFN3O4S2. The van der Waals surface area contributed by atoms with E-state index in [9.17, 15) is 17.6 Å². The van der Waals surface area contributed by atoms with Crippen LogP contribution in [0.2, 0.25) is 5.02 Å². The third kappa shape index (κ3) is 5.26. The van der Waals surface area contributed by atoms with Crippen LogP contribution in [-0.2, 0) is 26.1 Å². The highest BCUT2D eigenvalue weighted by molar-refractivity contribution is 7.89. The lowest BCUT2D eigenvalue weighted by Gasteiger charge is -2.29. The highest BCUT2D eigenvalue weighted by Crippen LogP contribution is 2.26. The summed E-state index contributed by atoms with van der Waals surface area (Å²) >= 11 is 7.12. The van der Waals surface area contributed by atoms with Crippen LogP contribution in [0.15, 0.2) is 52.4 Å². The molecule has 0 atom stereocenters. The second kappa shape index (κ2) is 10.7. The zero-order valence-electron chi connectivity index (χ0n) is 18.6. The number of rotatable bonds is 7. The molecule has 1 aromatic heterocycles. The van der Waals surface area contributed by atoms with E-state index < -0.39 is 15.9 Å². The summed E-state index contributed by atoms with van der Waals surface area (Å²) in [4.78, 5) is 17.9. The van der Waals surface area contributed by atoms with Crippen molar-refractivity contribution in [2.24, 2.45) is 10.9 Å². The maximum atomic E-state index is 14.5. The summed E-state index contributed by atoms with van der Waals surface area (Å²) in [6.45, 7) is 3.61. The molecule has 0 aliphatic carbocycles. The molecule has 1 saturated heterocycles. The molecule has 0 unspecified atom stereocenters. The smallest absolute Gasteiger partial charge is 0.251 e. The molecule has 1 aliphatic rings. The van der Waals surface area contributed by atoms with E-state index >= 15 is 0 Å². The van der Waals surface area contributed by atoms with Gasteiger partial charge in [-0.05, 0) is 56.2 Å². The minimum Gasteiger partial charge on any atom is -0.380 e. The van der Waals surface area contributed by atoms with Gasteiger partial charge in [0.2, 0.25) is 10.0 Å². The Morgan fingerprint density at radius 1 is 1.21 bits per heavy atom. The van der Waals surface area contributed by atoms with Crippen LogP contribution in [0.5, 0.6) is 0 Å². The van der Waals surface area contributed by atoms with Crippen LogP contribution in [0, 0.1) is 11.7 Å². The maximum absolute atomic E-state index is 14.5. The van der Waals surface area contributed by atoms with Crippen LogP contribution in [0.4, 0.5) is 4.39 Å². The molecule has 0 saturated carbocycles. The van der Waals surface area contributed by atoms with Gasteiger partial charge in [-0.3, -0.25) is 4.79 Å². The van der Waals surface area contributed by atoms with Crippen LogP contribution in [0.3, 0.4) is 0 Å². The number of benzene rings is 2. The van der Waals surface area contributed by atoms with Crippen molar-refractivity contribution >= 4 is 49.1 Å². The van der Waals surface area contributed by atoms with Crippen molar-refractivity contribution in [2.45, 2.75) is 31.2 Å². The molecule has 3 aromatic rings. The summed E-state index contributed by atoms with van der Waals surface area (Å²) in [6.07, 6.45) is 0.737. The molecule has 4 rings (SSSR count). The summed E-state index contributed by atoms with van der Waals surface area (Å²) in [5.41, 5.74) is 0.405. The van der Waals surface area contributed by atoms with Crippen molar-refractivity contribution in [3.05, 3.63) is 58.1 Å². The van der Waals surface area contributed by atoms with E-state index in [4.69, 9.17) is 16.3 Å². The average Bonchev–Trinajstić information content (AvgIpc) is 3.18. The first-order valence-electron chi connectivity index (χ1n) is 11.0. The lowest BCUT2D eigenvalue weighted by Crippen LogP contribution is -2.40. The lowest BCUT2D eigenvalue weighted by molar-refractivity contribution is -0.122. The largest absolute Gasteiger partial charge is 0.380 e. The summed E-state index contributed by atoms with van der Waals surface area (Å²) in [7, 11) is -3.65. The van der Waals surface area contributed by atoms with E-state index in [2.05, 4.69) is 4.99 Å². The zero-order chi connectivity index (χ0) is 24.3. The predicted molar refractivity (Wildman–Crippen MR) is 130 cm³/mol. The third-order valence-corrected chi connectivity index (χ3v) is 8.98. The number of nitrogens with zero attached hydrogens (tertiary/aromatic N) is 3. The fraction of sp³-hybridized carbons (Fsp3) is 0.391.